The van der Waals surface area contributed by atoms with E-state index in [0.29, 0.717) is 25.1 Å². The average molecular weight is 556 g/mol. The number of hydrogen-bond donors (Lipinski definition) is 2. The van der Waals surface area contributed by atoms with Crippen molar-refractivity contribution in [3.63, 3.8) is 0 Å². The molecule has 0 radical (unpaired) electrons. The molecule has 0 unspecified atom stereocenters. The first-order valence-corrected chi connectivity index (χ1v) is 13.5. The van der Waals surface area contributed by atoms with E-state index in [1.54, 1.807) is 18.2 Å². The van der Waals surface area contributed by atoms with Gasteiger partial charge in [0.25, 0.3) is 0 Å². The van der Waals surface area contributed by atoms with E-state index in [-0.39, 0.29) is 23.1 Å². The van der Waals surface area contributed by atoms with Gasteiger partial charge in [0, 0.05) is 12.1 Å². The second kappa shape index (κ2) is 13.1. The molecule has 5 nitrogen and oxygen atoms in total. The number of carbonyl (C=O) groups is 1. The van der Waals surface area contributed by atoms with Crippen molar-refractivity contribution in [2.45, 2.75) is 71.8 Å². The van der Waals surface area contributed by atoms with E-state index < -0.39 is 17.5 Å². The molecule has 3 rings (SSSR count). The number of hydrogen-bond acceptors (Lipinski definition) is 5. The van der Waals surface area contributed by atoms with Gasteiger partial charge < -0.3 is 19.9 Å². The first-order valence-electron chi connectivity index (χ1n) is 13.1. The minimum Gasteiger partial charge on any atom is -0.456 e. The number of ether oxygens (including phenoxy) is 2. The van der Waals surface area contributed by atoms with E-state index in [1.807, 2.05) is 77.9 Å². The Balaban J connectivity index is 1.56. The molecule has 0 aliphatic carbocycles. The van der Waals surface area contributed by atoms with Gasteiger partial charge in [0.05, 0.1) is 29.9 Å². The Labute approximate surface area is 236 Å². The maximum Gasteiger partial charge on any atom is 0.338 e. The lowest BCUT2D eigenvalue weighted by atomic mass is 9.94. The molecule has 0 aliphatic heterocycles. The Morgan fingerprint density at radius 3 is 2.44 bits per heavy atom. The summed E-state index contributed by atoms with van der Waals surface area (Å²) in [6, 6.07) is 18.4. The van der Waals surface area contributed by atoms with E-state index in [4.69, 9.17) is 21.1 Å². The Hall–Kier alpha value is -2.77. The summed E-state index contributed by atoms with van der Waals surface area (Å²) in [5, 5.41) is 14.0. The SMILES string of the molecule is Cc1cc(-c2ccccc2COC[C@H](O)CNC(C)(C)Cc2ccc(Cl)c(F)c2)ccc1C(=O)OC(C)(C)C. The number of benzene rings is 3. The van der Waals surface area contributed by atoms with Crippen molar-refractivity contribution in [3.05, 3.63) is 93.8 Å². The summed E-state index contributed by atoms with van der Waals surface area (Å²) in [4.78, 5) is 12.5. The normalized spacial score (nSPS) is 12.8. The lowest BCUT2D eigenvalue weighted by molar-refractivity contribution is 0.00687. The largest absolute Gasteiger partial charge is 0.456 e. The molecule has 1 atom stereocenters. The van der Waals surface area contributed by atoms with E-state index in [9.17, 15) is 14.3 Å². The van der Waals surface area contributed by atoms with Crippen LogP contribution in [0.1, 0.15) is 61.7 Å². The predicted octanol–water partition coefficient (Wildman–Crippen LogP) is 6.90. The predicted molar refractivity (Wildman–Crippen MR) is 155 cm³/mol. The van der Waals surface area contributed by atoms with E-state index in [2.05, 4.69) is 5.32 Å². The molecule has 0 spiro atoms. The smallest absolute Gasteiger partial charge is 0.338 e. The standard InChI is InChI=1S/C32H39ClFNO4/c1-21-15-23(12-13-26(21)30(37)39-31(2,3)4)27-10-8-7-9-24(27)19-38-20-25(36)18-35-32(5,6)17-22-11-14-28(33)29(34)16-22/h7-16,25,35-36H,17-20H2,1-6H3/t25-/m1/s1. The molecule has 7 heteroatoms. The van der Waals surface area contributed by atoms with Gasteiger partial charge in [-0.05, 0) is 94.0 Å². The van der Waals surface area contributed by atoms with Crippen molar-refractivity contribution in [2.24, 2.45) is 0 Å². The van der Waals surface area contributed by atoms with Gasteiger partial charge >= 0.3 is 5.97 Å². The molecule has 0 heterocycles. The monoisotopic (exact) mass is 555 g/mol. The quantitative estimate of drug-likeness (QED) is 0.252. The highest BCUT2D eigenvalue weighted by molar-refractivity contribution is 6.30. The summed E-state index contributed by atoms with van der Waals surface area (Å²) < 4.78 is 25.2. The molecule has 0 amide bonds. The highest BCUT2D eigenvalue weighted by Gasteiger charge is 2.21. The summed E-state index contributed by atoms with van der Waals surface area (Å²) in [5.74, 6) is -0.776. The van der Waals surface area contributed by atoms with Gasteiger partial charge in [0.15, 0.2) is 0 Å². The van der Waals surface area contributed by atoms with Crippen molar-refractivity contribution in [1.29, 1.82) is 0 Å². The van der Waals surface area contributed by atoms with Crippen LogP contribution in [0.15, 0.2) is 60.7 Å². The van der Waals surface area contributed by atoms with E-state index in [0.717, 1.165) is 27.8 Å². The van der Waals surface area contributed by atoms with Crippen molar-refractivity contribution >= 4 is 17.6 Å². The number of nitrogens with one attached hydrogen (secondary N) is 1. The number of aryl methyl sites for hydroxylation is 1. The third-order valence-corrected chi connectivity index (χ3v) is 6.49. The maximum atomic E-state index is 13.8. The second-order valence-electron chi connectivity index (χ2n) is 11.5. The fourth-order valence-electron chi connectivity index (χ4n) is 4.30. The van der Waals surface area contributed by atoms with Crippen LogP contribution in [-0.2, 0) is 22.5 Å². The molecule has 3 aromatic rings. The van der Waals surface area contributed by atoms with Crippen LogP contribution in [-0.4, -0.2) is 41.5 Å². The topological polar surface area (TPSA) is 67.8 Å². The fourth-order valence-corrected chi connectivity index (χ4v) is 4.42. The summed E-state index contributed by atoms with van der Waals surface area (Å²) in [6.07, 6.45) is -0.137. The van der Waals surface area contributed by atoms with Crippen molar-refractivity contribution < 1.29 is 23.8 Å². The van der Waals surface area contributed by atoms with Crippen LogP contribution in [0.25, 0.3) is 11.1 Å². The Morgan fingerprint density at radius 1 is 1.05 bits per heavy atom. The lowest BCUT2D eigenvalue weighted by Gasteiger charge is -2.28. The van der Waals surface area contributed by atoms with Crippen LogP contribution in [0.2, 0.25) is 5.02 Å². The third-order valence-electron chi connectivity index (χ3n) is 6.19. The highest BCUT2D eigenvalue weighted by Crippen LogP contribution is 2.27. The third kappa shape index (κ3) is 9.43. The minimum atomic E-state index is -0.714. The molecule has 0 saturated carbocycles. The molecule has 0 bridgehead atoms. The van der Waals surface area contributed by atoms with Gasteiger partial charge in [-0.1, -0.05) is 54.1 Å². The Bertz CT molecular complexity index is 1290. The molecular formula is C32H39ClFNO4. The van der Waals surface area contributed by atoms with E-state index in [1.165, 1.54) is 6.07 Å². The van der Waals surface area contributed by atoms with Crippen molar-refractivity contribution in [1.82, 2.24) is 5.32 Å². The number of halogens is 2. The van der Waals surface area contributed by atoms with E-state index >= 15 is 0 Å². The molecular weight excluding hydrogens is 517 g/mol. The van der Waals surface area contributed by atoms with Crippen molar-refractivity contribution in [3.8, 4) is 11.1 Å². The zero-order valence-corrected chi connectivity index (χ0v) is 24.4. The van der Waals surface area contributed by atoms with Crippen LogP contribution in [0.4, 0.5) is 4.39 Å². The van der Waals surface area contributed by atoms with Gasteiger partial charge in [-0.2, -0.15) is 0 Å². The summed E-state index contributed by atoms with van der Waals surface area (Å²) in [7, 11) is 0. The molecule has 39 heavy (non-hydrogen) atoms. The second-order valence-corrected chi connectivity index (χ2v) is 12.0. The fraction of sp³-hybridized carbons (Fsp3) is 0.406. The van der Waals surface area contributed by atoms with Crippen LogP contribution >= 0.6 is 11.6 Å². The summed E-state index contributed by atoms with van der Waals surface area (Å²) in [5.41, 5.74) is 4.24. The van der Waals surface area contributed by atoms with Crippen LogP contribution in [0.5, 0.6) is 0 Å². The number of β-amino-alcohol motifs (C(OH)–C–C–N with tert-alkyl or cyclic N) is 1. The van der Waals surface area contributed by atoms with Crippen molar-refractivity contribution in [2.75, 3.05) is 13.2 Å². The van der Waals surface area contributed by atoms with Crippen LogP contribution < -0.4 is 5.32 Å². The first kappa shape index (κ1) is 30.8. The van der Waals surface area contributed by atoms with Gasteiger partial charge in [-0.3, -0.25) is 0 Å². The van der Waals surface area contributed by atoms with Crippen LogP contribution in [0, 0.1) is 12.7 Å². The summed E-state index contributed by atoms with van der Waals surface area (Å²) in [6.45, 7) is 12.3. The molecule has 0 aromatic heterocycles. The summed E-state index contributed by atoms with van der Waals surface area (Å²) >= 11 is 5.78. The first-order chi connectivity index (χ1) is 18.2. The molecule has 210 valence electrons. The van der Waals surface area contributed by atoms with Gasteiger partial charge in [-0.15, -0.1) is 0 Å². The minimum absolute atomic E-state index is 0.103. The number of esters is 1. The van der Waals surface area contributed by atoms with Gasteiger partial charge in [0.1, 0.15) is 11.4 Å². The highest BCUT2D eigenvalue weighted by atomic mass is 35.5. The number of aliphatic hydroxyl groups excluding tert-OH is 1. The van der Waals surface area contributed by atoms with Gasteiger partial charge in [-0.25, -0.2) is 9.18 Å². The average Bonchev–Trinajstić information content (AvgIpc) is 2.84. The maximum absolute atomic E-state index is 13.8. The van der Waals surface area contributed by atoms with Gasteiger partial charge in [0.2, 0.25) is 0 Å². The number of carbonyl (C=O) groups excluding carboxylic acids is 1. The lowest BCUT2D eigenvalue weighted by Crippen LogP contribution is -2.46. The Morgan fingerprint density at radius 2 is 1.77 bits per heavy atom. The molecule has 0 saturated heterocycles. The molecule has 0 aliphatic rings. The molecule has 2 N–H and O–H groups in total. The number of rotatable bonds is 11. The zero-order chi connectivity index (χ0) is 28.8. The zero-order valence-electron chi connectivity index (χ0n) is 23.6. The van der Waals surface area contributed by atoms with Crippen LogP contribution in [0.3, 0.4) is 0 Å². The molecule has 0 fully saturated rings. The molecule has 3 aromatic carbocycles. The Kier molecular flexibility index (Phi) is 10.3. The number of aliphatic hydroxyl groups is 1.